The first-order chi connectivity index (χ1) is 7.97. The summed E-state index contributed by atoms with van der Waals surface area (Å²) in [6, 6.07) is 8.46. The minimum Gasteiger partial charge on any atom is -0.328 e. The average Bonchev–Trinajstić information content (AvgIpc) is 2.21. The van der Waals surface area contributed by atoms with Crippen molar-refractivity contribution in [3.63, 3.8) is 0 Å². The van der Waals surface area contributed by atoms with Crippen LogP contribution in [-0.2, 0) is 6.54 Å². The van der Waals surface area contributed by atoms with Crippen LogP contribution in [0.25, 0.3) is 0 Å². The van der Waals surface area contributed by atoms with Crippen molar-refractivity contribution in [2.45, 2.75) is 44.8 Å². The molecular weight excluding hydrogens is 232 g/mol. The molecule has 0 radical (unpaired) electrons. The summed E-state index contributed by atoms with van der Waals surface area (Å²) in [5, 5.41) is 0.814. The Labute approximate surface area is 109 Å². The Balaban J connectivity index is 2.08. The molecule has 1 aromatic rings. The van der Waals surface area contributed by atoms with Crippen LogP contribution in [0, 0.1) is 0 Å². The van der Waals surface area contributed by atoms with Crippen molar-refractivity contribution in [1.82, 2.24) is 4.90 Å². The third-order valence-electron chi connectivity index (χ3n) is 3.65. The van der Waals surface area contributed by atoms with E-state index in [1.54, 1.807) is 0 Å². The van der Waals surface area contributed by atoms with Crippen LogP contribution in [0.2, 0.25) is 5.02 Å². The van der Waals surface area contributed by atoms with Gasteiger partial charge in [0.25, 0.3) is 0 Å². The van der Waals surface area contributed by atoms with E-state index in [0.29, 0.717) is 6.04 Å². The molecule has 17 heavy (non-hydrogen) atoms. The predicted molar refractivity (Wildman–Crippen MR) is 73.2 cm³/mol. The largest absolute Gasteiger partial charge is 0.328 e. The molecule has 0 saturated carbocycles. The Kier molecular flexibility index (Phi) is 3.76. The molecule has 1 unspecified atom stereocenters. The fourth-order valence-electron chi connectivity index (χ4n) is 2.65. The minimum absolute atomic E-state index is 0.181. The number of likely N-dealkylation sites (tertiary alicyclic amines) is 1. The molecule has 2 rings (SSSR count). The number of hydrogen-bond donors (Lipinski definition) is 1. The molecule has 0 spiro atoms. The van der Waals surface area contributed by atoms with E-state index >= 15 is 0 Å². The molecular formula is C14H21ClN2. The van der Waals surface area contributed by atoms with Gasteiger partial charge >= 0.3 is 0 Å². The lowest BCUT2D eigenvalue weighted by Gasteiger charge is -2.45. The molecule has 1 heterocycles. The summed E-state index contributed by atoms with van der Waals surface area (Å²) >= 11 is 6.02. The molecule has 1 atom stereocenters. The van der Waals surface area contributed by atoms with Gasteiger partial charge in [-0.05, 0) is 44.4 Å². The highest BCUT2D eigenvalue weighted by Gasteiger charge is 2.32. The maximum atomic E-state index is 6.04. The van der Waals surface area contributed by atoms with Crippen LogP contribution in [0.15, 0.2) is 24.3 Å². The van der Waals surface area contributed by atoms with Gasteiger partial charge in [0, 0.05) is 29.7 Å². The van der Waals surface area contributed by atoms with Crippen molar-refractivity contribution in [3.8, 4) is 0 Å². The first kappa shape index (κ1) is 12.9. The fraction of sp³-hybridized carbons (Fsp3) is 0.571. The van der Waals surface area contributed by atoms with E-state index in [0.717, 1.165) is 31.0 Å². The Bertz CT molecular complexity index is 390. The molecule has 1 aliphatic rings. The molecule has 1 aliphatic heterocycles. The molecule has 2 nitrogen and oxygen atoms in total. The minimum atomic E-state index is 0.181. The highest BCUT2D eigenvalue weighted by Crippen LogP contribution is 2.28. The predicted octanol–water partition coefficient (Wildman–Crippen LogP) is 3.04. The van der Waals surface area contributed by atoms with Gasteiger partial charge in [-0.2, -0.15) is 0 Å². The second-order valence-corrected chi connectivity index (χ2v) is 6.05. The fourth-order valence-corrected chi connectivity index (χ4v) is 2.86. The first-order valence-electron chi connectivity index (χ1n) is 6.22. The lowest BCUT2D eigenvalue weighted by Crippen LogP contribution is -2.52. The average molecular weight is 253 g/mol. The molecule has 3 heteroatoms. The molecule has 1 fully saturated rings. The van der Waals surface area contributed by atoms with Gasteiger partial charge in [-0.1, -0.05) is 23.7 Å². The van der Waals surface area contributed by atoms with E-state index < -0.39 is 0 Å². The lowest BCUT2D eigenvalue weighted by atomic mass is 9.87. The standard InChI is InChI=1S/C14H21ClN2/c1-14(2)9-13(16)6-7-17(14)10-11-4-3-5-12(15)8-11/h3-5,8,13H,6-7,9-10,16H2,1-2H3. The summed E-state index contributed by atoms with van der Waals surface area (Å²) in [5.41, 5.74) is 7.50. The van der Waals surface area contributed by atoms with E-state index in [9.17, 15) is 0 Å². The summed E-state index contributed by atoms with van der Waals surface area (Å²) < 4.78 is 0. The van der Waals surface area contributed by atoms with Crippen molar-refractivity contribution < 1.29 is 0 Å². The van der Waals surface area contributed by atoms with Crippen molar-refractivity contribution in [2.75, 3.05) is 6.54 Å². The van der Waals surface area contributed by atoms with Gasteiger partial charge in [-0.15, -0.1) is 0 Å². The number of hydrogen-bond acceptors (Lipinski definition) is 2. The molecule has 1 aromatic carbocycles. The molecule has 1 saturated heterocycles. The third-order valence-corrected chi connectivity index (χ3v) is 3.89. The van der Waals surface area contributed by atoms with Crippen molar-refractivity contribution in [3.05, 3.63) is 34.9 Å². The van der Waals surface area contributed by atoms with Crippen molar-refractivity contribution in [1.29, 1.82) is 0 Å². The number of nitrogens with two attached hydrogens (primary N) is 1. The third kappa shape index (κ3) is 3.21. The molecule has 0 aliphatic carbocycles. The monoisotopic (exact) mass is 252 g/mol. The molecule has 0 aromatic heterocycles. The number of rotatable bonds is 2. The Morgan fingerprint density at radius 3 is 2.88 bits per heavy atom. The zero-order chi connectivity index (χ0) is 12.5. The van der Waals surface area contributed by atoms with Gasteiger partial charge in [-0.25, -0.2) is 0 Å². The van der Waals surface area contributed by atoms with Crippen LogP contribution in [0.3, 0.4) is 0 Å². The Hall–Kier alpha value is -0.570. The van der Waals surface area contributed by atoms with E-state index in [1.165, 1.54) is 5.56 Å². The maximum Gasteiger partial charge on any atom is 0.0409 e. The van der Waals surface area contributed by atoms with E-state index in [1.807, 2.05) is 18.2 Å². The normalized spacial score (nSPS) is 24.8. The van der Waals surface area contributed by atoms with E-state index in [4.69, 9.17) is 17.3 Å². The number of nitrogens with zero attached hydrogens (tertiary/aromatic N) is 1. The molecule has 2 N–H and O–H groups in total. The second kappa shape index (κ2) is 4.97. The van der Waals surface area contributed by atoms with Crippen LogP contribution in [0.4, 0.5) is 0 Å². The van der Waals surface area contributed by atoms with E-state index in [2.05, 4.69) is 24.8 Å². The van der Waals surface area contributed by atoms with Crippen LogP contribution < -0.4 is 5.73 Å². The Morgan fingerprint density at radius 1 is 1.47 bits per heavy atom. The molecule has 0 amide bonds. The van der Waals surface area contributed by atoms with Gasteiger partial charge in [-0.3, -0.25) is 4.90 Å². The topological polar surface area (TPSA) is 29.3 Å². The zero-order valence-corrected chi connectivity index (χ0v) is 11.4. The smallest absolute Gasteiger partial charge is 0.0409 e. The SMILES string of the molecule is CC1(C)CC(N)CCN1Cc1cccc(Cl)c1. The molecule has 0 bridgehead atoms. The van der Waals surface area contributed by atoms with Crippen LogP contribution in [0.1, 0.15) is 32.3 Å². The number of benzene rings is 1. The van der Waals surface area contributed by atoms with Gasteiger partial charge in [0.15, 0.2) is 0 Å². The van der Waals surface area contributed by atoms with Crippen molar-refractivity contribution in [2.24, 2.45) is 5.73 Å². The maximum absolute atomic E-state index is 6.04. The summed E-state index contributed by atoms with van der Waals surface area (Å²) in [6.07, 6.45) is 2.15. The highest BCUT2D eigenvalue weighted by molar-refractivity contribution is 6.30. The summed E-state index contributed by atoms with van der Waals surface area (Å²) in [6.45, 7) is 6.58. The molecule has 94 valence electrons. The van der Waals surface area contributed by atoms with E-state index in [-0.39, 0.29) is 5.54 Å². The Morgan fingerprint density at radius 2 is 2.24 bits per heavy atom. The zero-order valence-electron chi connectivity index (χ0n) is 10.6. The number of piperidine rings is 1. The van der Waals surface area contributed by atoms with Gasteiger partial charge in [0.1, 0.15) is 0 Å². The number of halogens is 1. The summed E-state index contributed by atoms with van der Waals surface area (Å²) in [7, 11) is 0. The van der Waals surface area contributed by atoms with Crippen LogP contribution >= 0.6 is 11.6 Å². The summed E-state index contributed by atoms with van der Waals surface area (Å²) in [5.74, 6) is 0. The van der Waals surface area contributed by atoms with Gasteiger partial charge < -0.3 is 5.73 Å². The van der Waals surface area contributed by atoms with Crippen LogP contribution in [-0.4, -0.2) is 23.0 Å². The van der Waals surface area contributed by atoms with Crippen molar-refractivity contribution >= 4 is 11.6 Å². The lowest BCUT2D eigenvalue weighted by molar-refractivity contribution is 0.0593. The van der Waals surface area contributed by atoms with Gasteiger partial charge in [0.2, 0.25) is 0 Å². The second-order valence-electron chi connectivity index (χ2n) is 5.62. The first-order valence-corrected chi connectivity index (χ1v) is 6.60. The van der Waals surface area contributed by atoms with Gasteiger partial charge in [0.05, 0.1) is 0 Å². The quantitative estimate of drug-likeness (QED) is 0.877. The van der Waals surface area contributed by atoms with Crippen LogP contribution in [0.5, 0.6) is 0 Å². The summed E-state index contributed by atoms with van der Waals surface area (Å²) in [4.78, 5) is 2.50. The highest BCUT2D eigenvalue weighted by atomic mass is 35.5.